The number of carbonyl (C=O) groups is 1. The lowest BCUT2D eigenvalue weighted by Gasteiger charge is -2.10. The first-order valence-corrected chi connectivity index (χ1v) is 4.74. The zero-order valence-electron chi connectivity index (χ0n) is 8.02. The summed E-state index contributed by atoms with van der Waals surface area (Å²) in [4.78, 5) is 11.3. The molecule has 1 aromatic rings. The van der Waals surface area contributed by atoms with E-state index < -0.39 is 12.1 Å². The normalized spacial score (nSPS) is 11.9. The van der Waals surface area contributed by atoms with Gasteiger partial charge in [0.1, 0.15) is 6.61 Å². The molecule has 0 spiro atoms. The molecule has 0 saturated carbocycles. The monoisotopic (exact) mass is 226 g/mol. The fourth-order valence-corrected chi connectivity index (χ4v) is 1.28. The van der Waals surface area contributed by atoms with Crippen LogP contribution in [0.15, 0.2) is 36.9 Å². The molecule has 0 aromatic heterocycles. The summed E-state index contributed by atoms with van der Waals surface area (Å²) >= 11 is 5.81. The summed E-state index contributed by atoms with van der Waals surface area (Å²) in [5.74, 6) is -0.733. The minimum absolute atomic E-state index is 0.0698. The maximum atomic E-state index is 11.3. The van der Waals surface area contributed by atoms with Crippen molar-refractivity contribution in [2.75, 3.05) is 6.61 Å². The van der Waals surface area contributed by atoms with Crippen LogP contribution in [-0.2, 0) is 9.53 Å². The first-order valence-electron chi connectivity index (χ1n) is 4.37. The molecule has 1 N–H and O–H groups in total. The van der Waals surface area contributed by atoms with Gasteiger partial charge in [0.2, 0.25) is 0 Å². The lowest BCUT2D eigenvalue weighted by molar-refractivity contribution is -0.152. The first kappa shape index (κ1) is 11.8. The molecule has 0 heterocycles. The van der Waals surface area contributed by atoms with E-state index in [0.717, 1.165) is 0 Å². The molecule has 1 rings (SSSR count). The van der Waals surface area contributed by atoms with Gasteiger partial charge < -0.3 is 9.84 Å². The van der Waals surface area contributed by atoms with E-state index in [2.05, 4.69) is 6.58 Å². The van der Waals surface area contributed by atoms with Crippen LogP contribution in [-0.4, -0.2) is 17.7 Å². The minimum atomic E-state index is -1.35. The minimum Gasteiger partial charge on any atom is -0.459 e. The quantitative estimate of drug-likeness (QED) is 0.632. The molecule has 0 bridgehead atoms. The van der Waals surface area contributed by atoms with E-state index in [0.29, 0.717) is 10.6 Å². The highest BCUT2D eigenvalue weighted by atomic mass is 35.5. The molecule has 3 nitrogen and oxygen atoms in total. The standard InChI is InChI=1S/C11H11ClO3/c1-2-7-15-11(14)10(13)8-5-3-4-6-9(8)12/h2-6,10,13H,1,7H2/t10-/m1/s1. The van der Waals surface area contributed by atoms with Crippen LogP contribution in [0.1, 0.15) is 11.7 Å². The fourth-order valence-electron chi connectivity index (χ4n) is 1.04. The third-order valence-corrected chi connectivity index (χ3v) is 2.11. The lowest BCUT2D eigenvalue weighted by atomic mass is 10.1. The Labute approximate surface area is 92.9 Å². The zero-order chi connectivity index (χ0) is 11.3. The Bertz CT molecular complexity index is 363. The third kappa shape index (κ3) is 3.08. The van der Waals surface area contributed by atoms with Crippen molar-refractivity contribution in [2.24, 2.45) is 0 Å². The number of benzene rings is 1. The van der Waals surface area contributed by atoms with Crippen LogP contribution < -0.4 is 0 Å². The van der Waals surface area contributed by atoms with Crippen LogP contribution in [0.25, 0.3) is 0 Å². The Balaban J connectivity index is 2.76. The van der Waals surface area contributed by atoms with Gasteiger partial charge in [0.05, 0.1) is 0 Å². The summed E-state index contributed by atoms with van der Waals surface area (Å²) in [5, 5.41) is 9.94. The van der Waals surface area contributed by atoms with Gasteiger partial charge in [0, 0.05) is 10.6 Å². The van der Waals surface area contributed by atoms with E-state index in [1.807, 2.05) is 0 Å². The lowest BCUT2D eigenvalue weighted by Crippen LogP contribution is -2.15. The molecule has 15 heavy (non-hydrogen) atoms. The Hall–Kier alpha value is -1.32. The topological polar surface area (TPSA) is 46.5 Å². The number of hydrogen-bond acceptors (Lipinski definition) is 3. The molecule has 4 heteroatoms. The van der Waals surface area contributed by atoms with Crippen molar-refractivity contribution in [2.45, 2.75) is 6.10 Å². The summed E-state index contributed by atoms with van der Waals surface area (Å²) in [5.41, 5.74) is 0.341. The van der Waals surface area contributed by atoms with Gasteiger partial charge in [-0.1, -0.05) is 42.5 Å². The average Bonchev–Trinajstić information content (AvgIpc) is 2.25. The second-order valence-electron chi connectivity index (χ2n) is 2.84. The Morgan fingerprint density at radius 1 is 1.60 bits per heavy atom. The predicted octanol–water partition coefficient (Wildman–Crippen LogP) is 2.10. The van der Waals surface area contributed by atoms with Crippen LogP contribution in [0, 0.1) is 0 Å². The third-order valence-electron chi connectivity index (χ3n) is 1.77. The molecule has 1 aromatic carbocycles. The van der Waals surface area contributed by atoms with Gasteiger partial charge in [0.25, 0.3) is 0 Å². The van der Waals surface area contributed by atoms with Gasteiger partial charge in [-0.2, -0.15) is 0 Å². The predicted molar refractivity (Wildman–Crippen MR) is 57.6 cm³/mol. The van der Waals surface area contributed by atoms with Crippen LogP contribution in [0.5, 0.6) is 0 Å². The van der Waals surface area contributed by atoms with Gasteiger partial charge in [0.15, 0.2) is 6.10 Å². The van der Waals surface area contributed by atoms with Gasteiger partial charge in [-0.3, -0.25) is 0 Å². The van der Waals surface area contributed by atoms with Crippen molar-refractivity contribution in [3.8, 4) is 0 Å². The maximum Gasteiger partial charge on any atom is 0.340 e. The Morgan fingerprint density at radius 2 is 2.27 bits per heavy atom. The molecule has 0 aliphatic rings. The van der Waals surface area contributed by atoms with Gasteiger partial charge in [-0.05, 0) is 6.07 Å². The van der Waals surface area contributed by atoms with Crippen molar-refractivity contribution in [3.63, 3.8) is 0 Å². The molecule has 0 radical (unpaired) electrons. The number of halogens is 1. The summed E-state index contributed by atoms with van der Waals surface area (Å²) in [6.45, 7) is 3.47. The first-order chi connectivity index (χ1) is 7.16. The van der Waals surface area contributed by atoms with E-state index in [1.54, 1.807) is 24.3 Å². The Morgan fingerprint density at radius 3 is 2.87 bits per heavy atom. The number of rotatable bonds is 4. The van der Waals surface area contributed by atoms with Gasteiger partial charge in [-0.25, -0.2) is 4.79 Å². The summed E-state index contributed by atoms with van der Waals surface area (Å²) in [6, 6.07) is 6.57. The van der Waals surface area contributed by atoms with Crippen molar-refractivity contribution in [1.82, 2.24) is 0 Å². The molecule has 0 fully saturated rings. The van der Waals surface area contributed by atoms with Crippen molar-refractivity contribution >= 4 is 17.6 Å². The van der Waals surface area contributed by atoms with Crippen LogP contribution in [0.4, 0.5) is 0 Å². The molecule has 0 unspecified atom stereocenters. The molecule has 0 saturated heterocycles. The van der Waals surface area contributed by atoms with Crippen molar-refractivity contribution in [3.05, 3.63) is 47.5 Å². The number of hydrogen-bond donors (Lipinski definition) is 1. The smallest absolute Gasteiger partial charge is 0.340 e. The molecule has 80 valence electrons. The van der Waals surface area contributed by atoms with E-state index in [1.165, 1.54) is 6.08 Å². The van der Waals surface area contributed by atoms with E-state index in [4.69, 9.17) is 16.3 Å². The highest BCUT2D eigenvalue weighted by Crippen LogP contribution is 2.23. The van der Waals surface area contributed by atoms with E-state index in [-0.39, 0.29) is 6.61 Å². The SMILES string of the molecule is C=CCOC(=O)[C@H](O)c1ccccc1Cl. The van der Waals surface area contributed by atoms with Crippen LogP contribution >= 0.6 is 11.6 Å². The fraction of sp³-hybridized carbons (Fsp3) is 0.182. The molecule has 0 amide bonds. The summed E-state index contributed by atoms with van der Waals surface area (Å²) in [7, 11) is 0. The second kappa shape index (κ2) is 5.53. The van der Waals surface area contributed by atoms with Gasteiger partial charge >= 0.3 is 5.97 Å². The largest absolute Gasteiger partial charge is 0.459 e. The van der Waals surface area contributed by atoms with Gasteiger partial charge in [-0.15, -0.1) is 0 Å². The zero-order valence-corrected chi connectivity index (χ0v) is 8.78. The number of ether oxygens (including phenoxy) is 1. The molecule has 0 aliphatic carbocycles. The highest BCUT2D eigenvalue weighted by Gasteiger charge is 2.20. The van der Waals surface area contributed by atoms with Crippen LogP contribution in [0.3, 0.4) is 0 Å². The average molecular weight is 227 g/mol. The number of carbonyl (C=O) groups excluding carboxylic acids is 1. The van der Waals surface area contributed by atoms with Crippen molar-refractivity contribution in [1.29, 1.82) is 0 Å². The highest BCUT2D eigenvalue weighted by molar-refractivity contribution is 6.31. The van der Waals surface area contributed by atoms with Crippen LogP contribution in [0.2, 0.25) is 5.02 Å². The second-order valence-corrected chi connectivity index (χ2v) is 3.25. The molecular weight excluding hydrogens is 216 g/mol. The van der Waals surface area contributed by atoms with E-state index in [9.17, 15) is 9.90 Å². The number of esters is 1. The maximum absolute atomic E-state index is 11.3. The summed E-state index contributed by atoms with van der Waals surface area (Å²) < 4.78 is 4.70. The molecule has 0 aliphatic heterocycles. The van der Waals surface area contributed by atoms with E-state index >= 15 is 0 Å². The van der Waals surface area contributed by atoms with Crippen molar-refractivity contribution < 1.29 is 14.6 Å². The molecule has 1 atom stereocenters. The summed E-state index contributed by atoms with van der Waals surface area (Å²) in [6.07, 6.45) is 0.0793. The molecular formula is C11H11ClO3. The number of aliphatic hydroxyl groups is 1. The number of aliphatic hydroxyl groups excluding tert-OH is 1. The Kier molecular flexibility index (Phi) is 4.34.